The van der Waals surface area contributed by atoms with E-state index in [9.17, 15) is 4.79 Å². The van der Waals surface area contributed by atoms with Crippen LogP contribution >= 0.6 is 27.5 Å². The van der Waals surface area contributed by atoms with Gasteiger partial charge in [-0.2, -0.15) is 5.26 Å². The summed E-state index contributed by atoms with van der Waals surface area (Å²) in [5, 5.41) is 17.5. The minimum Gasteiger partial charge on any atom is -0.481 e. The molecule has 1 aromatic rings. The van der Waals surface area contributed by atoms with Crippen molar-refractivity contribution in [3.8, 4) is 6.07 Å². The first-order chi connectivity index (χ1) is 7.10. The molecule has 0 aliphatic heterocycles. The smallest absolute Gasteiger partial charge is 0.307 e. The summed E-state index contributed by atoms with van der Waals surface area (Å²) in [4.78, 5) is 10.6. The summed E-state index contributed by atoms with van der Waals surface area (Å²) in [7, 11) is 0. The third-order valence-electron chi connectivity index (χ3n) is 1.93. The molecule has 0 aromatic heterocycles. The average Bonchev–Trinajstić information content (AvgIpc) is 2.20. The zero-order chi connectivity index (χ0) is 11.4. The predicted molar refractivity (Wildman–Crippen MR) is 59.8 cm³/mol. The normalized spacial score (nSPS) is 9.67. The molecule has 1 aromatic carbocycles. The Bertz CT molecular complexity index is 440. The van der Waals surface area contributed by atoms with E-state index in [0.717, 1.165) is 5.56 Å². The van der Waals surface area contributed by atoms with Crippen LogP contribution in [-0.2, 0) is 17.1 Å². The lowest BCUT2D eigenvalue weighted by molar-refractivity contribution is -0.136. The van der Waals surface area contributed by atoms with Gasteiger partial charge in [-0.05, 0) is 33.1 Å². The fraction of sp³-hybridized carbons (Fsp3) is 0.200. The van der Waals surface area contributed by atoms with E-state index in [1.807, 2.05) is 6.07 Å². The van der Waals surface area contributed by atoms with E-state index in [1.165, 1.54) is 0 Å². The lowest BCUT2D eigenvalue weighted by Crippen LogP contribution is -2.05. The number of hydrogen-bond acceptors (Lipinski definition) is 2. The van der Waals surface area contributed by atoms with Gasteiger partial charge in [-0.1, -0.05) is 6.07 Å². The molecule has 0 aliphatic rings. The third-order valence-corrected chi connectivity index (χ3v) is 3.13. The molecule has 0 heterocycles. The molecule has 0 radical (unpaired) electrons. The Morgan fingerprint density at radius 2 is 2.27 bits per heavy atom. The molecular weight excluding hydrogens is 281 g/mol. The van der Waals surface area contributed by atoms with E-state index in [2.05, 4.69) is 15.9 Å². The minimum absolute atomic E-state index is 0.141. The van der Waals surface area contributed by atoms with Crippen molar-refractivity contribution >= 4 is 33.5 Å². The number of benzene rings is 1. The van der Waals surface area contributed by atoms with E-state index >= 15 is 0 Å². The van der Waals surface area contributed by atoms with Crippen molar-refractivity contribution in [2.45, 2.75) is 12.3 Å². The zero-order valence-corrected chi connectivity index (χ0v) is 9.97. The fourth-order valence-electron chi connectivity index (χ4n) is 1.22. The van der Waals surface area contributed by atoms with E-state index in [0.29, 0.717) is 15.6 Å². The van der Waals surface area contributed by atoms with Crippen molar-refractivity contribution in [2.75, 3.05) is 0 Å². The van der Waals surface area contributed by atoms with Gasteiger partial charge in [-0.25, -0.2) is 0 Å². The van der Waals surface area contributed by atoms with Crippen LogP contribution in [0.1, 0.15) is 16.7 Å². The highest BCUT2D eigenvalue weighted by Crippen LogP contribution is 2.26. The number of aliphatic carboxylic acids is 1. The number of carboxylic acid groups (broad SMARTS) is 1. The van der Waals surface area contributed by atoms with Gasteiger partial charge in [-0.3, -0.25) is 4.79 Å². The Labute approximate surface area is 100 Å². The van der Waals surface area contributed by atoms with Crippen molar-refractivity contribution in [1.29, 1.82) is 5.26 Å². The first kappa shape index (κ1) is 12.0. The first-order valence-corrected chi connectivity index (χ1v) is 5.41. The van der Waals surface area contributed by atoms with Crippen molar-refractivity contribution in [2.24, 2.45) is 0 Å². The van der Waals surface area contributed by atoms with Crippen molar-refractivity contribution in [1.82, 2.24) is 0 Å². The van der Waals surface area contributed by atoms with Crippen LogP contribution in [0, 0.1) is 11.3 Å². The van der Waals surface area contributed by atoms with Gasteiger partial charge in [0.25, 0.3) is 0 Å². The quantitative estimate of drug-likeness (QED) is 0.870. The van der Waals surface area contributed by atoms with E-state index in [4.69, 9.17) is 22.0 Å². The summed E-state index contributed by atoms with van der Waals surface area (Å²) >= 11 is 8.90. The number of nitrogens with zero attached hydrogens (tertiary/aromatic N) is 1. The fourth-order valence-corrected chi connectivity index (χ4v) is 2.08. The largest absolute Gasteiger partial charge is 0.481 e. The van der Waals surface area contributed by atoms with Crippen molar-refractivity contribution < 1.29 is 9.90 Å². The Morgan fingerprint density at radius 1 is 1.60 bits per heavy atom. The molecule has 5 heteroatoms. The highest BCUT2D eigenvalue weighted by atomic mass is 79.9. The molecular formula is C10H7BrClNO2. The summed E-state index contributed by atoms with van der Waals surface area (Å²) in [5.41, 5.74) is 1.71. The van der Waals surface area contributed by atoms with Crippen LogP contribution < -0.4 is 0 Å². The maximum Gasteiger partial charge on any atom is 0.307 e. The predicted octanol–water partition coefficient (Wildman–Crippen LogP) is 2.69. The molecule has 0 spiro atoms. The number of halogens is 2. The highest BCUT2D eigenvalue weighted by Gasteiger charge is 2.13. The molecule has 1 rings (SSSR count). The molecule has 0 aliphatic carbocycles. The number of nitriles is 1. The molecule has 0 saturated heterocycles. The first-order valence-electron chi connectivity index (χ1n) is 4.08. The van der Waals surface area contributed by atoms with Crippen LogP contribution in [0.25, 0.3) is 0 Å². The number of carbonyl (C=O) groups is 1. The zero-order valence-electron chi connectivity index (χ0n) is 7.63. The molecule has 0 unspecified atom stereocenters. The Balaban J connectivity index is 3.30. The van der Waals surface area contributed by atoms with Crippen LogP contribution in [0.5, 0.6) is 0 Å². The molecule has 3 nitrogen and oxygen atoms in total. The standard InChI is InChI=1S/C10H7BrClNO2/c11-10-7(5-13)2-1-6(4-12)8(10)3-9(14)15/h1-2H,3-4H2,(H,14,15). The Morgan fingerprint density at radius 3 is 2.73 bits per heavy atom. The third kappa shape index (κ3) is 2.71. The molecule has 15 heavy (non-hydrogen) atoms. The van der Waals surface area contributed by atoms with Gasteiger partial charge in [0.1, 0.15) is 6.07 Å². The number of carboxylic acids is 1. The van der Waals surface area contributed by atoms with Gasteiger partial charge in [0.15, 0.2) is 0 Å². The molecule has 78 valence electrons. The van der Waals surface area contributed by atoms with E-state index in [1.54, 1.807) is 12.1 Å². The van der Waals surface area contributed by atoms with E-state index < -0.39 is 5.97 Å². The summed E-state index contributed by atoms with van der Waals surface area (Å²) in [6, 6.07) is 5.27. The molecule has 1 N–H and O–H groups in total. The maximum atomic E-state index is 10.6. The van der Waals surface area contributed by atoms with Crippen LogP contribution in [0.15, 0.2) is 16.6 Å². The number of alkyl halides is 1. The molecule has 0 atom stereocenters. The van der Waals surface area contributed by atoms with Gasteiger partial charge in [0, 0.05) is 10.4 Å². The number of rotatable bonds is 3. The van der Waals surface area contributed by atoms with Gasteiger partial charge in [0.2, 0.25) is 0 Å². The average molecular weight is 289 g/mol. The molecule has 0 saturated carbocycles. The monoisotopic (exact) mass is 287 g/mol. The van der Waals surface area contributed by atoms with Gasteiger partial charge >= 0.3 is 5.97 Å². The lowest BCUT2D eigenvalue weighted by atomic mass is 10.0. The van der Waals surface area contributed by atoms with Crippen molar-refractivity contribution in [3.05, 3.63) is 33.3 Å². The van der Waals surface area contributed by atoms with Crippen LogP contribution in [0.2, 0.25) is 0 Å². The summed E-state index contributed by atoms with van der Waals surface area (Å²) in [6.07, 6.45) is -0.141. The van der Waals surface area contributed by atoms with Gasteiger partial charge in [-0.15, -0.1) is 11.6 Å². The second kappa shape index (κ2) is 5.15. The Hall–Kier alpha value is -1.05. The van der Waals surface area contributed by atoms with Gasteiger partial charge < -0.3 is 5.11 Å². The lowest BCUT2D eigenvalue weighted by Gasteiger charge is -2.08. The van der Waals surface area contributed by atoms with E-state index in [-0.39, 0.29) is 12.3 Å². The number of hydrogen-bond donors (Lipinski definition) is 1. The summed E-state index contributed by atoms with van der Waals surface area (Å²) in [6.45, 7) is 0. The van der Waals surface area contributed by atoms with Crippen molar-refractivity contribution in [3.63, 3.8) is 0 Å². The van der Waals surface area contributed by atoms with Gasteiger partial charge in [0.05, 0.1) is 12.0 Å². The van der Waals surface area contributed by atoms with Crippen LogP contribution in [-0.4, -0.2) is 11.1 Å². The SMILES string of the molecule is N#Cc1ccc(CCl)c(CC(=O)O)c1Br. The minimum atomic E-state index is -0.947. The summed E-state index contributed by atoms with van der Waals surface area (Å²) in [5.74, 6) is -0.718. The molecule has 0 bridgehead atoms. The van der Waals surface area contributed by atoms with Crippen LogP contribution in [0.3, 0.4) is 0 Å². The molecule has 0 amide bonds. The second-order valence-corrected chi connectivity index (χ2v) is 3.94. The topological polar surface area (TPSA) is 61.1 Å². The van der Waals surface area contributed by atoms with Crippen LogP contribution in [0.4, 0.5) is 0 Å². The Kier molecular flexibility index (Phi) is 4.13. The summed E-state index contributed by atoms with van der Waals surface area (Å²) < 4.78 is 0.519. The maximum absolute atomic E-state index is 10.6. The second-order valence-electron chi connectivity index (χ2n) is 2.88. The molecule has 0 fully saturated rings. The highest BCUT2D eigenvalue weighted by molar-refractivity contribution is 9.10.